The second kappa shape index (κ2) is 11.6. The van der Waals surface area contributed by atoms with Crippen LogP contribution >= 0.6 is 12.6 Å². The van der Waals surface area contributed by atoms with Gasteiger partial charge in [0.2, 0.25) is 11.8 Å². The molecule has 186 valence electrons. The molecule has 0 fully saturated rings. The predicted octanol–water partition coefficient (Wildman–Crippen LogP) is 2.30. The van der Waals surface area contributed by atoms with Gasteiger partial charge in [0, 0.05) is 17.8 Å². The molecule has 4 N–H and O–H groups in total. The van der Waals surface area contributed by atoms with E-state index in [2.05, 4.69) is 23.3 Å². The lowest BCUT2D eigenvalue weighted by molar-refractivity contribution is -0.143. The van der Waals surface area contributed by atoms with Gasteiger partial charge in [-0.1, -0.05) is 6.07 Å². The van der Waals surface area contributed by atoms with E-state index in [0.717, 1.165) is 0 Å². The number of hydrogen-bond acceptors (Lipinski definition) is 7. The molecule has 1 aromatic carbocycles. The summed E-state index contributed by atoms with van der Waals surface area (Å²) in [7, 11) is 0. The third-order valence-corrected chi connectivity index (χ3v) is 4.76. The highest BCUT2D eigenvalue weighted by Crippen LogP contribution is 2.27. The quantitative estimate of drug-likeness (QED) is 0.361. The molecule has 0 bridgehead atoms. The molecule has 1 aromatic rings. The molecule has 0 aliphatic heterocycles. The Morgan fingerprint density at radius 3 is 2.21 bits per heavy atom. The monoisotopic (exact) mass is 483 g/mol. The highest BCUT2D eigenvalue weighted by atomic mass is 32.1. The number of aliphatic hydroxyl groups excluding tert-OH is 1. The summed E-state index contributed by atoms with van der Waals surface area (Å²) in [5, 5.41) is 25.0. The van der Waals surface area contributed by atoms with Crippen molar-refractivity contribution < 1.29 is 29.3 Å². The molecule has 0 aromatic heterocycles. The van der Waals surface area contributed by atoms with Crippen molar-refractivity contribution in [3.8, 4) is 5.75 Å². The van der Waals surface area contributed by atoms with Crippen molar-refractivity contribution in [1.82, 2.24) is 15.5 Å². The number of carbonyl (C=O) groups excluding carboxylic acids is 3. The summed E-state index contributed by atoms with van der Waals surface area (Å²) in [6.07, 6.45) is -0.796. The number of nitrogens with one attached hydrogen (secondary N) is 2. The molecule has 0 radical (unpaired) electrons. The normalized spacial score (nSPS) is 13.6. The van der Waals surface area contributed by atoms with E-state index >= 15 is 0 Å². The standard InChI is InChI=1S/C23H37N3O6S/c1-14-12-15(8-9-17(14)28)18(19(29)25-22(2,3)4)26(10-11-27)20(30)16(13-33)24-21(31)32-23(5,6)7/h8-9,12,16,18,27-28,33H,10-11,13H2,1-7H3,(H,24,31)(H,25,29). The number of aromatic hydroxyl groups is 1. The van der Waals surface area contributed by atoms with Gasteiger partial charge in [-0.2, -0.15) is 12.6 Å². The van der Waals surface area contributed by atoms with Crippen LogP contribution in [0.3, 0.4) is 0 Å². The Morgan fingerprint density at radius 2 is 1.76 bits per heavy atom. The zero-order valence-electron chi connectivity index (χ0n) is 20.4. The number of benzene rings is 1. The predicted molar refractivity (Wildman–Crippen MR) is 129 cm³/mol. The molecule has 9 nitrogen and oxygen atoms in total. The van der Waals surface area contributed by atoms with Gasteiger partial charge >= 0.3 is 6.09 Å². The first kappa shape index (κ1) is 28.6. The lowest BCUT2D eigenvalue weighted by atomic mass is 9.99. The maximum atomic E-state index is 13.5. The summed E-state index contributed by atoms with van der Waals surface area (Å²) in [6.45, 7) is 11.6. The average molecular weight is 484 g/mol. The van der Waals surface area contributed by atoms with Gasteiger partial charge in [0.1, 0.15) is 23.4 Å². The van der Waals surface area contributed by atoms with Gasteiger partial charge in [-0.3, -0.25) is 9.59 Å². The molecule has 3 amide bonds. The van der Waals surface area contributed by atoms with Crippen LogP contribution in [0.15, 0.2) is 18.2 Å². The van der Waals surface area contributed by atoms with Crippen LogP contribution in [-0.2, 0) is 14.3 Å². The fourth-order valence-corrected chi connectivity index (χ4v) is 3.32. The minimum absolute atomic E-state index is 0.0496. The first-order valence-electron chi connectivity index (χ1n) is 10.7. The van der Waals surface area contributed by atoms with Crippen molar-refractivity contribution in [3.63, 3.8) is 0 Å². The number of phenolic OH excluding ortho intramolecular Hbond substituents is 1. The zero-order valence-corrected chi connectivity index (χ0v) is 21.3. The van der Waals surface area contributed by atoms with Gasteiger partial charge in [0.05, 0.1) is 6.61 Å². The third kappa shape index (κ3) is 9.13. The number of alkyl carbamates (subject to hydrolysis) is 1. The van der Waals surface area contributed by atoms with Crippen molar-refractivity contribution >= 4 is 30.5 Å². The Bertz CT molecular complexity index is 848. The SMILES string of the molecule is Cc1cc(C(C(=O)NC(C)(C)C)N(CCO)C(=O)C(CS)NC(=O)OC(C)(C)C)ccc1O. The first-order chi connectivity index (χ1) is 15.1. The molecular formula is C23H37N3O6S. The molecule has 2 unspecified atom stereocenters. The van der Waals surface area contributed by atoms with E-state index in [-0.39, 0.29) is 18.0 Å². The Balaban J connectivity index is 3.40. The van der Waals surface area contributed by atoms with Crippen LogP contribution in [0.5, 0.6) is 5.75 Å². The number of ether oxygens (including phenoxy) is 1. The van der Waals surface area contributed by atoms with Crippen molar-refractivity contribution in [2.75, 3.05) is 18.9 Å². The highest BCUT2D eigenvalue weighted by molar-refractivity contribution is 7.80. The highest BCUT2D eigenvalue weighted by Gasteiger charge is 2.36. The van der Waals surface area contributed by atoms with Gasteiger partial charge in [-0.25, -0.2) is 4.79 Å². The van der Waals surface area contributed by atoms with E-state index in [1.165, 1.54) is 11.0 Å². The Hall–Kier alpha value is -2.46. The number of thiol groups is 1. The smallest absolute Gasteiger partial charge is 0.408 e. The van der Waals surface area contributed by atoms with Gasteiger partial charge in [-0.15, -0.1) is 0 Å². The molecule has 0 saturated carbocycles. The largest absolute Gasteiger partial charge is 0.508 e. The molecule has 1 rings (SSSR count). The summed E-state index contributed by atoms with van der Waals surface area (Å²) >= 11 is 4.20. The number of rotatable bonds is 8. The summed E-state index contributed by atoms with van der Waals surface area (Å²) in [5.74, 6) is -1.08. The Morgan fingerprint density at radius 1 is 1.15 bits per heavy atom. The Labute approximate surface area is 201 Å². The fourth-order valence-electron chi connectivity index (χ4n) is 3.07. The van der Waals surface area contributed by atoms with Crippen LogP contribution in [-0.4, -0.2) is 69.1 Å². The summed E-state index contributed by atoms with van der Waals surface area (Å²) in [6, 6.07) is 2.38. The van der Waals surface area contributed by atoms with Crippen LogP contribution in [0, 0.1) is 6.92 Å². The van der Waals surface area contributed by atoms with Gasteiger partial charge in [0.25, 0.3) is 0 Å². The molecule has 10 heteroatoms. The maximum Gasteiger partial charge on any atom is 0.408 e. The number of aliphatic hydroxyl groups is 1. The van der Waals surface area contributed by atoms with Crippen molar-refractivity contribution in [2.24, 2.45) is 0 Å². The maximum absolute atomic E-state index is 13.5. The topological polar surface area (TPSA) is 128 Å². The Kier molecular flexibility index (Phi) is 10.0. The first-order valence-corrected chi connectivity index (χ1v) is 11.4. The van der Waals surface area contributed by atoms with Gasteiger partial charge in [-0.05, 0) is 71.7 Å². The number of carbonyl (C=O) groups is 3. The number of nitrogens with zero attached hydrogens (tertiary/aromatic N) is 1. The summed E-state index contributed by atoms with van der Waals surface area (Å²) < 4.78 is 5.24. The summed E-state index contributed by atoms with van der Waals surface area (Å²) in [5.41, 5.74) is -0.385. The molecule has 0 aliphatic carbocycles. The molecule has 0 heterocycles. The minimum atomic E-state index is -1.12. The molecule has 33 heavy (non-hydrogen) atoms. The van der Waals surface area contributed by atoms with E-state index in [1.807, 2.05) is 20.8 Å². The van der Waals surface area contributed by atoms with E-state index in [9.17, 15) is 24.6 Å². The van der Waals surface area contributed by atoms with Crippen LogP contribution in [0.2, 0.25) is 0 Å². The lowest BCUT2D eigenvalue weighted by Gasteiger charge is -2.35. The number of amides is 3. The fraction of sp³-hybridized carbons (Fsp3) is 0.609. The minimum Gasteiger partial charge on any atom is -0.508 e. The third-order valence-electron chi connectivity index (χ3n) is 4.39. The zero-order chi connectivity index (χ0) is 25.6. The van der Waals surface area contributed by atoms with Gasteiger partial charge in [0.15, 0.2) is 0 Å². The van der Waals surface area contributed by atoms with Crippen LogP contribution in [0.25, 0.3) is 0 Å². The van der Waals surface area contributed by atoms with Crippen molar-refractivity contribution in [3.05, 3.63) is 29.3 Å². The van der Waals surface area contributed by atoms with Crippen LogP contribution < -0.4 is 10.6 Å². The summed E-state index contributed by atoms with van der Waals surface area (Å²) in [4.78, 5) is 40.2. The number of aryl methyl sites for hydroxylation is 1. The number of hydrogen-bond donors (Lipinski definition) is 5. The van der Waals surface area contributed by atoms with Crippen LogP contribution in [0.4, 0.5) is 4.79 Å². The molecular weight excluding hydrogens is 446 g/mol. The molecule has 0 saturated heterocycles. The second-order valence-corrected chi connectivity index (χ2v) is 10.2. The average Bonchev–Trinajstić information content (AvgIpc) is 2.65. The van der Waals surface area contributed by atoms with E-state index < -0.39 is 47.7 Å². The van der Waals surface area contributed by atoms with E-state index in [1.54, 1.807) is 39.8 Å². The van der Waals surface area contributed by atoms with Crippen molar-refractivity contribution in [1.29, 1.82) is 0 Å². The number of phenols is 1. The second-order valence-electron chi connectivity index (χ2n) is 9.82. The molecule has 0 aliphatic rings. The molecule has 2 atom stereocenters. The van der Waals surface area contributed by atoms with Crippen LogP contribution in [0.1, 0.15) is 58.7 Å². The van der Waals surface area contributed by atoms with E-state index in [4.69, 9.17) is 4.74 Å². The lowest BCUT2D eigenvalue weighted by Crippen LogP contribution is -2.55. The molecule has 0 spiro atoms. The van der Waals surface area contributed by atoms with Crippen molar-refractivity contribution in [2.45, 2.75) is 71.7 Å². The van der Waals surface area contributed by atoms with Gasteiger partial charge < -0.3 is 30.5 Å². The van der Waals surface area contributed by atoms with E-state index in [0.29, 0.717) is 11.1 Å².